The van der Waals surface area contributed by atoms with Gasteiger partial charge in [0.25, 0.3) is 0 Å². The Labute approximate surface area is 117 Å². The molecule has 2 rings (SSSR count). The summed E-state index contributed by atoms with van der Waals surface area (Å²) in [4.78, 5) is 0. The van der Waals surface area contributed by atoms with E-state index in [1.54, 1.807) is 0 Å². The molecule has 18 heavy (non-hydrogen) atoms. The van der Waals surface area contributed by atoms with Crippen LogP contribution in [0.4, 0.5) is 4.39 Å². The standard InChI is InChI=1S/C15H21BrFN/c1-11(12-5-3-2-4-6-12)18-10-13-7-8-14(16)9-15(13)17/h7-9,11-12,18H,2-6,10H2,1H3/t11-/m0/s1. The highest BCUT2D eigenvalue weighted by Gasteiger charge is 2.19. The first kappa shape index (κ1) is 14.0. The minimum absolute atomic E-state index is 0.132. The van der Waals surface area contributed by atoms with E-state index in [0.29, 0.717) is 12.6 Å². The number of benzene rings is 1. The highest BCUT2D eigenvalue weighted by molar-refractivity contribution is 9.10. The molecule has 1 aliphatic rings. The molecule has 100 valence electrons. The van der Waals surface area contributed by atoms with Gasteiger partial charge in [0.2, 0.25) is 0 Å². The molecule has 1 saturated carbocycles. The molecular weight excluding hydrogens is 293 g/mol. The lowest BCUT2D eigenvalue weighted by atomic mass is 9.84. The average molecular weight is 314 g/mol. The predicted molar refractivity (Wildman–Crippen MR) is 77.0 cm³/mol. The molecule has 1 fully saturated rings. The number of rotatable bonds is 4. The summed E-state index contributed by atoms with van der Waals surface area (Å²) in [6.45, 7) is 2.85. The van der Waals surface area contributed by atoms with Crippen molar-refractivity contribution < 1.29 is 4.39 Å². The molecule has 1 nitrogen and oxygen atoms in total. The summed E-state index contributed by atoms with van der Waals surface area (Å²) in [6.07, 6.45) is 6.71. The zero-order valence-electron chi connectivity index (χ0n) is 10.9. The largest absolute Gasteiger partial charge is 0.310 e. The normalized spacial score (nSPS) is 18.8. The third-order valence-electron chi connectivity index (χ3n) is 3.99. The molecule has 1 atom stereocenters. The molecule has 1 aromatic rings. The van der Waals surface area contributed by atoms with Gasteiger partial charge < -0.3 is 5.32 Å². The summed E-state index contributed by atoms with van der Waals surface area (Å²) < 4.78 is 14.5. The Hall–Kier alpha value is -0.410. The predicted octanol–water partition coefficient (Wildman–Crippen LogP) is 4.65. The minimum atomic E-state index is -0.132. The Balaban J connectivity index is 1.86. The van der Waals surface area contributed by atoms with Gasteiger partial charge in [-0.1, -0.05) is 41.3 Å². The molecule has 0 amide bonds. The van der Waals surface area contributed by atoms with Gasteiger partial charge in [0.05, 0.1) is 0 Å². The lowest BCUT2D eigenvalue weighted by Gasteiger charge is -2.28. The van der Waals surface area contributed by atoms with Crippen molar-refractivity contribution in [1.82, 2.24) is 5.32 Å². The van der Waals surface area contributed by atoms with E-state index in [0.717, 1.165) is 16.0 Å². The van der Waals surface area contributed by atoms with E-state index in [-0.39, 0.29) is 5.82 Å². The van der Waals surface area contributed by atoms with Crippen molar-refractivity contribution in [3.8, 4) is 0 Å². The SMILES string of the molecule is C[C@H](NCc1ccc(Br)cc1F)C1CCCCC1. The first-order chi connectivity index (χ1) is 8.66. The lowest BCUT2D eigenvalue weighted by Crippen LogP contribution is -2.34. The summed E-state index contributed by atoms with van der Waals surface area (Å²) in [5.41, 5.74) is 0.751. The van der Waals surface area contributed by atoms with Gasteiger partial charge in [0.15, 0.2) is 0 Å². The van der Waals surface area contributed by atoms with Crippen molar-refractivity contribution in [2.75, 3.05) is 0 Å². The topological polar surface area (TPSA) is 12.0 Å². The Bertz CT molecular complexity index is 388. The number of hydrogen-bond donors (Lipinski definition) is 1. The van der Waals surface area contributed by atoms with Gasteiger partial charge in [0, 0.05) is 22.6 Å². The van der Waals surface area contributed by atoms with Crippen molar-refractivity contribution in [2.45, 2.75) is 51.6 Å². The Morgan fingerprint density at radius 1 is 1.33 bits per heavy atom. The number of hydrogen-bond acceptors (Lipinski definition) is 1. The summed E-state index contributed by atoms with van der Waals surface area (Å²) in [5.74, 6) is 0.630. The molecule has 0 heterocycles. The van der Waals surface area contributed by atoms with Gasteiger partial charge in [-0.3, -0.25) is 0 Å². The van der Waals surface area contributed by atoms with E-state index in [1.807, 2.05) is 12.1 Å². The first-order valence-corrected chi connectivity index (χ1v) is 7.63. The zero-order chi connectivity index (χ0) is 13.0. The minimum Gasteiger partial charge on any atom is -0.310 e. The van der Waals surface area contributed by atoms with Crippen LogP contribution in [-0.4, -0.2) is 6.04 Å². The zero-order valence-corrected chi connectivity index (χ0v) is 12.5. The highest BCUT2D eigenvalue weighted by Crippen LogP contribution is 2.26. The Morgan fingerprint density at radius 3 is 2.72 bits per heavy atom. The smallest absolute Gasteiger partial charge is 0.128 e. The summed E-state index contributed by atoms with van der Waals surface area (Å²) >= 11 is 3.28. The van der Waals surface area contributed by atoms with Gasteiger partial charge in [-0.25, -0.2) is 4.39 Å². The average Bonchev–Trinajstić information content (AvgIpc) is 2.38. The van der Waals surface area contributed by atoms with Gasteiger partial charge in [-0.05, 0) is 37.8 Å². The van der Waals surface area contributed by atoms with Gasteiger partial charge >= 0.3 is 0 Å². The molecule has 0 aromatic heterocycles. The van der Waals surface area contributed by atoms with E-state index >= 15 is 0 Å². The van der Waals surface area contributed by atoms with Crippen LogP contribution in [0.3, 0.4) is 0 Å². The molecule has 1 N–H and O–H groups in total. The number of nitrogens with one attached hydrogen (secondary N) is 1. The van der Waals surface area contributed by atoms with Crippen molar-refractivity contribution in [3.05, 3.63) is 34.1 Å². The third kappa shape index (κ3) is 3.79. The van der Waals surface area contributed by atoms with Gasteiger partial charge in [-0.2, -0.15) is 0 Å². The molecule has 0 bridgehead atoms. The van der Waals surface area contributed by atoms with Crippen LogP contribution >= 0.6 is 15.9 Å². The fraction of sp³-hybridized carbons (Fsp3) is 0.600. The van der Waals surface area contributed by atoms with Crippen LogP contribution in [0, 0.1) is 11.7 Å². The molecule has 3 heteroatoms. The maximum atomic E-state index is 13.7. The monoisotopic (exact) mass is 313 g/mol. The fourth-order valence-corrected chi connectivity index (χ4v) is 3.07. The van der Waals surface area contributed by atoms with Crippen molar-refractivity contribution >= 4 is 15.9 Å². The molecular formula is C15H21BrFN. The number of halogens is 2. The van der Waals surface area contributed by atoms with E-state index < -0.39 is 0 Å². The molecule has 0 saturated heterocycles. The fourth-order valence-electron chi connectivity index (χ4n) is 2.74. The molecule has 1 aromatic carbocycles. The Morgan fingerprint density at radius 2 is 2.06 bits per heavy atom. The summed E-state index contributed by atoms with van der Waals surface area (Å²) in [6, 6.07) is 5.75. The van der Waals surface area contributed by atoms with Gasteiger partial charge in [-0.15, -0.1) is 0 Å². The van der Waals surface area contributed by atoms with Crippen LogP contribution in [0.2, 0.25) is 0 Å². The van der Waals surface area contributed by atoms with Crippen LogP contribution in [0.5, 0.6) is 0 Å². The van der Waals surface area contributed by atoms with Crippen molar-refractivity contribution in [1.29, 1.82) is 0 Å². The van der Waals surface area contributed by atoms with Crippen LogP contribution < -0.4 is 5.32 Å². The third-order valence-corrected chi connectivity index (χ3v) is 4.48. The van der Waals surface area contributed by atoms with E-state index in [9.17, 15) is 4.39 Å². The molecule has 1 aliphatic carbocycles. The van der Waals surface area contributed by atoms with Crippen molar-refractivity contribution in [2.24, 2.45) is 5.92 Å². The second-order valence-corrected chi connectivity index (χ2v) is 6.22. The van der Waals surface area contributed by atoms with Crippen molar-refractivity contribution in [3.63, 3.8) is 0 Å². The quantitative estimate of drug-likeness (QED) is 0.853. The van der Waals surface area contributed by atoms with Crippen LogP contribution in [0.1, 0.15) is 44.6 Å². The molecule has 0 spiro atoms. The van der Waals surface area contributed by atoms with Crippen LogP contribution in [-0.2, 0) is 6.54 Å². The summed E-state index contributed by atoms with van der Waals surface area (Å²) in [7, 11) is 0. The van der Waals surface area contributed by atoms with Crippen LogP contribution in [0.25, 0.3) is 0 Å². The Kier molecular flexibility index (Phi) is 5.19. The van der Waals surface area contributed by atoms with E-state index in [2.05, 4.69) is 28.2 Å². The second kappa shape index (κ2) is 6.67. The highest BCUT2D eigenvalue weighted by atomic mass is 79.9. The second-order valence-electron chi connectivity index (χ2n) is 5.30. The molecule has 0 unspecified atom stereocenters. The molecule has 0 radical (unpaired) electrons. The van der Waals surface area contributed by atoms with Crippen LogP contribution in [0.15, 0.2) is 22.7 Å². The van der Waals surface area contributed by atoms with E-state index in [4.69, 9.17) is 0 Å². The summed E-state index contributed by atoms with van der Waals surface area (Å²) in [5, 5.41) is 3.47. The van der Waals surface area contributed by atoms with Gasteiger partial charge in [0.1, 0.15) is 5.82 Å². The maximum Gasteiger partial charge on any atom is 0.128 e. The lowest BCUT2D eigenvalue weighted by molar-refractivity contribution is 0.280. The maximum absolute atomic E-state index is 13.7. The van der Waals surface area contributed by atoms with E-state index in [1.165, 1.54) is 38.2 Å². The first-order valence-electron chi connectivity index (χ1n) is 6.84. The molecule has 0 aliphatic heterocycles.